The molecule has 0 saturated carbocycles. The highest BCUT2D eigenvalue weighted by molar-refractivity contribution is 6.05. The Balaban J connectivity index is 1.50. The Bertz CT molecular complexity index is 1120. The molecule has 2 aromatic carbocycles. The summed E-state index contributed by atoms with van der Waals surface area (Å²) in [5.74, 6) is -0.0283. The number of Topliss-reactive ketones (excluding diaryl/α,β-unsaturated/α-hetero) is 1. The number of nitrogens with one attached hydrogen (secondary N) is 1. The molecule has 28 heavy (non-hydrogen) atoms. The van der Waals surface area contributed by atoms with Crippen LogP contribution in [0.15, 0.2) is 53.3 Å². The minimum atomic E-state index is -0.731. The number of hydrogen-bond donors (Lipinski definition) is 1. The first-order chi connectivity index (χ1) is 13.6. The average molecular weight is 379 g/mol. The highest BCUT2D eigenvalue weighted by Crippen LogP contribution is 2.30. The van der Waals surface area contributed by atoms with Crippen LogP contribution in [0.25, 0.3) is 10.9 Å². The quantitative estimate of drug-likeness (QED) is 0.553. The Labute approximate surface area is 159 Å². The minimum absolute atomic E-state index is 0.116. The second kappa shape index (κ2) is 7.56. The van der Waals surface area contributed by atoms with Gasteiger partial charge in [-0.25, -0.2) is 4.79 Å². The summed E-state index contributed by atoms with van der Waals surface area (Å²) in [6.07, 6.45) is 0.764. The number of ether oxygens (including phenoxy) is 3. The van der Waals surface area contributed by atoms with Crippen LogP contribution >= 0.6 is 0 Å². The molecule has 0 fully saturated rings. The monoisotopic (exact) mass is 379 g/mol. The van der Waals surface area contributed by atoms with Gasteiger partial charge in [0, 0.05) is 29.0 Å². The molecule has 1 aromatic heterocycles. The Hall–Kier alpha value is -3.61. The van der Waals surface area contributed by atoms with Crippen molar-refractivity contribution in [1.29, 1.82) is 0 Å². The number of rotatable bonds is 4. The first kappa shape index (κ1) is 17.8. The molecular formula is C21H17NO6. The Morgan fingerprint density at radius 1 is 1.00 bits per heavy atom. The van der Waals surface area contributed by atoms with E-state index in [9.17, 15) is 14.4 Å². The van der Waals surface area contributed by atoms with Gasteiger partial charge in [-0.05, 0) is 24.3 Å². The molecule has 7 nitrogen and oxygen atoms in total. The zero-order valence-corrected chi connectivity index (χ0v) is 14.9. The van der Waals surface area contributed by atoms with Gasteiger partial charge in [0.05, 0.1) is 18.8 Å². The van der Waals surface area contributed by atoms with Gasteiger partial charge in [0.2, 0.25) is 5.56 Å². The molecule has 0 radical (unpaired) electrons. The van der Waals surface area contributed by atoms with E-state index < -0.39 is 18.1 Å². The normalized spacial score (nSPS) is 13.0. The first-order valence-electron chi connectivity index (χ1n) is 8.84. The van der Waals surface area contributed by atoms with Crippen LogP contribution in [-0.4, -0.2) is 36.6 Å². The third-order valence-corrected chi connectivity index (χ3v) is 4.37. The van der Waals surface area contributed by atoms with Gasteiger partial charge in [0.25, 0.3) is 0 Å². The zero-order chi connectivity index (χ0) is 19.5. The summed E-state index contributed by atoms with van der Waals surface area (Å²) in [5.41, 5.74) is 0.578. The SMILES string of the molecule is O=C(COC(=O)c1cc(=O)[nH]c2ccccc12)c1ccc2c(c1)OCCCO2. The van der Waals surface area contributed by atoms with Crippen molar-refractivity contribution in [2.45, 2.75) is 6.42 Å². The largest absolute Gasteiger partial charge is 0.490 e. The van der Waals surface area contributed by atoms with Gasteiger partial charge in [-0.1, -0.05) is 18.2 Å². The molecule has 142 valence electrons. The lowest BCUT2D eigenvalue weighted by Crippen LogP contribution is -2.17. The summed E-state index contributed by atoms with van der Waals surface area (Å²) in [6.45, 7) is 0.622. The number of carbonyl (C=O) groups excluding carboxylic acids is 2. The van der Waals surface area contributed by atoms with Gasteiger partial charge < -0.3 is 19.2 Å². The fraction of sp³-hybridized carbons (Fsp3) is 0.190. The number of aromatic amines is 1. The number of esters is 1. The second-order valence-electron chi connectivity index (χ2n) is 6.30. The Morgan fingerprint density at radius 2 is 1.79 bits per heavy atom. The molecule has 0 amide bonds. The molecule has 3 aromatic rings. The fourth-order valence-electron chi connectivity index (χ4n) is 3.00. The van der Waals surface area contributed by atoms with E-state index >= 15 is 0 Å². The maximum absolute atomic E-state index is 12.5. The molecule has 0 bridgehead atoms. The number of hydrogen-bond acceptors (Lipinski definition) is 6. The van der Waals surface area contributed by atoms with E-state index in [0.717, 1.165) is 6.42 Å². The number of ketones is 1. The predicted octanol–water partition coefficient (Wildman–Crippen LogP) is 2.73. The number of carbonyl (C=O) groups is 2. The topological polar surface area (TPSA) is 94.7 Å². The van der Waals surface area contributed by atoms with E-state index in [1.54, 1.807) is 42.5 Å². The molecule has 2 heterocycles. The third-order valence-electron chi connectivity index (χ3n) is 4.37. The Morgan fingerprint density at radius 3 is 2.64 bits per heavy atom. The van der Waals surface area contributed by atoms with Crippen molar-refractivity contribution >= 4 is 22.7 Å². The van der Waals surface area contributed by atoms with Crippen LogP contribution in [0.2, 0.25) is 0 Å². The van der Waals surface area contributed by atoms with Crippen LogP contribution in [0.4, 0.5) is 0 Å². The van der Waals surface area contributed by atoms with E-state index in [-0.39, 0.29) is 11.3 Å². The molecule has 0 spiro atoms. The highest BCUT2D eigenvalue weighted by atomic mass is 16.5. The summed E-state index contributed by atoms with van der Waals surface area (Å²) in [4.78, 5) is 39.3. The Kier molecular flexibility index (Phi) is 4.80. The van der Waals surface area contributed by atoms with Gasteiger partial charge in [-0.3, -0.25) is 9.59 Å². The molecule has 1 aliphatic heterocycles. The second-order valence-corrected chi connectivity index (χ2v) is 6.30. The van der Waals surface area contributed by atoms with Gasteiger partial charge in [-0.2, -0.15) is 0 Å². The van der Waals surface area contributed by atoms with Crippen molar-refractivity contribution in [1.82, 2.24) is 4.98 Å². The van der Waals surface area contributed by atoms with Crippen molar-refractivity contribution in [2.24, 2.45) is 0 Å². The van der Waals surface area contributed by atoms with E-state index in [1.807, 2.05) is 0 Å². The third kappa shape index (κ3) is 3.59. The summed E-state index contributed by atoms with van der Waals surface area (Å²) in [6, 6.07) is 12.9. The first-order valence-corrected chi connectivity index (χ1v) is 8.84. The van der Waals surface area contributed by atoms with Gasteiger partial charge in [-0.15, -0.1) is 0 Å². The molecule has 0 aliphatic carbocycles. The molecule has 4 rings (SSSR count). The van der Waals surface area contributed by atoms with E-state index in [1.165, 1.54) is 6.07 Å². The van der Waals surface area contributed by atoms with Crippen molar-refractivity contribution < 1.29 is 23.8 Å². The van der Waals surface area contributed by atoms with Crippen LogP contribution in [0.1, 0.15) is 27.1 Å². The number of H-pyrrole nitrogens is 1. The van der Waals surface area contributed by atoms with Crippen molar-refractivity contribution in [3.8, 4) is 11.5 Å². The molecule has 1 N–H and O–H groups in total. The highest BCUT2D eigenvalue weighted by Gasteiger charge is 2.18. The number of aromatic nitrogens is 1. The maximum atomic E-state index is 12.5. The summed E-state index contributed by atoms with van der Waals surface area (Å²) >= 11 is 0. The molecule has 1 aliphatic rings. The van der Waals surface area contributed by atoms with Gasteiger partial charge in [0.15, 0.2) is 23.9 Å². The summed E-state index contributed by atoms with van der Waals surface area (Å²) < 4.78 is 16.3. The minimum Gasteiger partial charge on any atom is -0.490 e. The molecule has 0 saturated heterocycles. The molecule has 0 unspecified atom stereocenters. The lowest BCUT2D eigenvalue weighted by Gasteiger charge is -2.10. The van der Waals surface area contributed by atoms with E-state index in [4.69, 9.17) is 14.2 Å². The van der Waals surface area contributed by atoms with E-state index in [2.05, 4.69) is 4.98 Å². The van der Waals surface area contributed by atoms with Crippen molar-refractivity contribution in [2.75, 3.05) is 19.8 Å². The smallest absolute Gasteiger partial charge is 0.339 e. The van der Waals surface area contributed by atoms with Gasteiger partial charge >= 0.3 is 5.97 Å². The van der Waals surface area contributed by atoms with Crippen LogP contribution < -0.4 is 15.0 Å². The van der Waals surface area contributed by atoms with Crippen molar-refractivity contribution in [3.63, 3.8) is 0 Å². The summed E-state index contributed by atoms with van der Waals surface area (Å²) in [5, 5.41) is 0.551. The van der Waals surface area contributed by atoms with Crippen LogP contribution in [0.5, 0.6) is 11.5 Å². The van der Waals surface area contributed by atoms with Gasteiger partial charge in [0.1, 0.15) is 0 Å². The lowest BCUT2D eigenvalue weighted by atomic mass is 10.1. The molecule has 0 atom stereocenters. The standard InChI is InChI=1S/C21H17NO6/c23-17(13-6-7-18-19(10-13)27-9-3-8-26-18)12-28-21(25)15-11-20(24)22-16-5-2-1-4-14(15)16/h1-2,4-7,10-11H,3,8-9,12H2,(H,22,24). The fourth-order valence-corrected chi connectivity index (χ4v) is 3.00. The van der Waals surface area contributed by atoms with Crippen LogP contribution in [-0.2, 0) is 4.74 Å². The number of pyridine rings is 1. The molecular weight excluding hydrogens is 362 g/mol. The maximum Gasteiger partial charge on any atom is 0.339 e. The van der Waals surface area contributed by atoms with Crippen LogP contribution in [0.3, 0.4) is 0 Å². The number of para-hydroxylation sites is 1. The number of benzene rings is 2. The lowest BCUT2D eigenvalue weighted by molar-refractivity contribution is 0.0476. The van der Waals surface area contributed by atoms with Crippen molar-refractivity contribution in [3.05, 3.63) is 70.0 Å². The summed E-state index contributed by atoms with van der Waals surface area (Å²) in [7, 11) is 0. The number of fused-ring (bicyclic) bond motifs is 2. The average Bonchev–Trinajstić information content (AvgIpc) is 2.95. The van der Waals surface area contributed by atoms with E-state index in [0.29, 0.717) is 41.2 Å². The molecule has 7 heteroatoms. The zero-order valence-electron chi connectivity index (χ0n) is 14.9. The predicted molar refractivity (Wildman–Crippen MR) is 101 cm³/mol. The van der Waals surface area contributed by atoms with Crippen LogP contribution in [0, 0.1) is 0 Å².